The highest BCUT2D eigenvalue weighted by Gasteiger charge is 2.36. The molecule has 1 aromatic rings. The molecule has 0 radical (unpaired) electrons. The van der Waals surface area contributed by atoms with Gasteiger partial charge in [-0.2, -0.15) is 5.48 Å². The average Bonchev–Trinajstić information content (AvgIpc) is 3.35. The van der Waals surface area contributed by atoms with Gasteiger partial charge >= 0.3 is 0 Å². The van der Waals surface area contributed by atoms with E-state index in [2.05, 4.69) is 41.2 Å². The molecule has 2 fully saturated rings. The molecule has 6 nitrogen and oxygen atoms in total. The largest absolute Gasteiger partial charge is 0.349 e. The Morgan fingerprint density at radius 2 is 2.21 bits per heavy atom. The van der Waals surface area contributed by atoms with Crippen LogP contribution in [0.2, 0.25) is 0 Å². The number of carbonyl (C=O) groups is 1. The van der Waals surface area contributed by atoms with E-state index in [1.54, 1.807) is 11.9 Å². The van der Waals surface area contributed by atoms with Crippen LogP contribution in [-0.2, 0) is 16.1 Å². The van der Waals surface area contributed by atoms with Gasteiger partial charge in [-0.3, -0.25) is 19.8 Å². The Hall–Kier alpha value is -1.61. The van der Waals surface area contributed by atoms with Gasteiger partial charge in [0.15, 0.2) is 0 Å². The number of amides is 1. The van der Waals surface area contributed by atoms with Gasteiger partial charge in [0, 0.05) is 5.92 Å². The fraction of sp³-hybridized carbons (Fsp3) is 0.667. The van der Waals surface area contributed by atoms with Crippen LogP contribution in [0, 0.1) is 5.92 Å². The van der Waals surface area contributed by atoms with E-state index in [1.165, 1.54) is 5.56 Å². The molecule has 29 heavy (non-hydrogen) atoms. The lowest BCUT2D eigenvalue weighted by Crippen LogP contribution is -2.48. The highest BCUT2D eigenvalue weighted by Crippen LogP contribution is 2.34. The zero-order valence-electron chi connectivity index (χ0n) is 17.0. The normalized spacial score (nSPS) is 32.5. The number of hydrogen-bond acceptors (Lipinski definition) is 5. The number of hydroxylamine groups is 1. The van der Waals surface area contributed by atoms with Crippen LogP contribution in [0.15, 0.2) is 18.2 Å². The Kier molecular flexibility index (Phi) is 6.15. The molecule has 0 saturated carbocycles. The Bertz CT molecular complexity index is 747. The van der Waals surface area contributed by atoms with Gasteiger partial charge in [-0.05, 0) is 62.4 Å². The summed E-state index contributed by atoms with van der Waals surface area (Å²) in [7, 11) is 1.71. The first-order valence-corrected chi connectivity index (χ1v) is 10.5. The summed E-state index contributed by atoms with van der Waals surface area (Å²) >= 11 is 0. The number of carbonyl (C=O) groups excluding carboxylic acids is 1. The minimum atomic E-state index is -2.42. The molecule has 0 spiro atoms. The molecule has 1 aliphatic carbocycles. The van der Waals surface area contributed by atoms with E-state index < -0.39 is 12.5 Å². The molecule has 1 amide bonds. The van der Waals surface area contributed by atoms with Gasteiger partial charge < -0.3 is 5.32 Å². The first-order valence-electron chi connectivity index (χ1n) is 10.5. The highest BCUT2D eigenvalue weighted by molar-refractivity contribution is 5.79. The standard InChI is InChI=1S/C21H30F2N4O2/c1-3-18-25-20(26-29-18)13-4-6-15-12(10-13)5-7-16(15)24-21(28)14-8-9-27(2)17(11-14)19(22)23/h4,6,10,14,16-20,25-26H,3,5,7-9,11H2,1-2H3,(H,24,28)/t14?,16-,17?,18?,20?/m1/s1. The molecular weight excluding hydrogens is 378 g/mol. The smallest absolute Gasteiger partial charge is 0.253 e. The van der Waals surface area contributed by atoms with Crippen molar-refractivity contribution in [2.24, 2.45) is 5.92 Å². The number of piperidine rings is 1. The maximum Gasteiger partial charge on any atom is 0.253 e. The number of fused-ring (bicyclic) bond motifs is 1. The van der Waals surface area contributed by atoms with Crippen molar-refractivity contribution in [3.05, 3.63) is 34.9 Å². The number of nitrogens with one attached hydrogen (secondary N) is 3. The number of rotatable bonds is 5. The van der Waals surface area contributed by atoms with Crippen LogP contribution in [0.1, 0.15) is 61.5 Å². The number of aryl methyl sites for hydroxylation is 1. The first-order chi connectivity index (χ1) is 14.0. The predicted octanol–water partition coefficient (Wildman–Crippen LogP) is 2.62. The molecule has 4 unspecified atom stereocenters. The van der Waals surface area contributed by atoms with E-state index in [1.807, 2.05) is 0 Å². The van der Waals surface area contributed by atoms with E-state index in [0.29, 0.717) is 13.0 Å². The molecule has 3 aliphatic rings. The van der Waals surface area contributed by atoms with Crippen molar-refractivity contribution in [1.29, 1.82) is 0 Å². The van der Waals surface area contributed by atoms with E-state index in [9.17, 15) is 13.6 Å². The van der Waals surface area contributed by atoms with Gasteiger partial charge in [0.05, 0.1) is 12.1 Å². The van der Waals surface area contributed by atoms with Gasteiger partial charge in [0.2, 0.25) is 5.91 Å². The van der Waals surface area contributed by atoms with Crippen molar-refractivity contribution >= 4 is 5.91 Å². The van der Waals surface area contributed by atoms with Crippen molar-refractivity contribution in [3.63, 3.8) is 0 Å². The van der Waals surface area contributed by atoms with Crippen molar-refractivity contribution in [2.45, 2.75) is 69.9 Å². The van der Waals surface area contributed by atoms with Crippen LogP contribution in [0.4, 0.5) is 8.78 Å². The van der Waals surface area contributed by atoms with Gasteiger partial charge in [-0.15, -0.1) is 0 Å². The van der Waals surface area contributed by atoms with E-state index in [-0.39, 0.29) is 36.7 Å². The van der Waals surface area contributed by atoms with E-state index >= 15 is 0 Å². The summed E-state index contributed by atoms with van der Waals surface area (Å²) in [5.74, 6) is -0.437. The highest BCUT2D eigenvalue weighted by atomic mass is 19.3. The second kappa shape index (κ2) is 8.63. The second-order valence-corrected chi connectivity index (χ2v) is 8.39. The third-order valence-corrected chi connectivity index (χ3v) is 6.53. The summed E-state index contributed by atoms with van der Waals surface area (Å²) in [6.45, 7) is 2.59. The van der Waals surface area contributed by atoms with Crippen LogP contribution in [0.25, 0.3) is 0 Å². The Balaban J connectivity index is 1.39. The molecule has 5 atom stereocenters. The van der Waals surface area contributed by atoms with E-state index in [0.717, 1.165) is 30.4 Å². The molecule has 3 N–H and O–H groups in total. The fourth-order valence-corrected chi connectivity index (χ4v) is 4.67. The lowest BCUT2D eigenvalue weighted by Gasteiger charge is -2.36. The van der Waals surface area contributed by atoms with Crippen molar-refractivity contribution < 1.29 is 18.4 Å². The van der Waals surface area contributed by atoms with Crippen LogP contribution >= 0.6 is 0 Å². The Labute approximate surface area is 170 Å². The molecular formula is C21H30F2N4O2. The summed E-state index contributed by atoms with van der Waals surface area (Å²) in [4.78, 5) is 19.9. The number of nitrogens with zero attached hydrogens (tertiary/aromatic N) is 1. The zero-order valence-corrected chi connectivity index (χ0v) is 17.0. The maximum absolute atomic E-state index is 13.2. The first kappa shape index (κ1) is 20.7. The molecule has 160 valence electrons. The number of alkyl halides is 2. The lowest BCUT2D eigenvalue weighted by atomic mass is 9.90. The van der Waals surface area contributed by atoms with Crippen molar-refractivity contribution in [3.8, 4) is 0 Å². The topological polar surface area (TPSA) is 65.6 Å². The van der Waals surface area contributed by atoms with E-state index in [4.69, 9.17) is 4.84 Å². The summed E-state index contributed by atoms with van der Waals surface area (Å²) < 4.78 is 26.5. The average molecular weight is 408 g/mol. The quantitative estimate of drug-likeness (QED) is 0.699. The SMILES string of the molecule is CCC1NC(c2ccc3c(c2)CC[C@H]3NC(=O)C2CCN(C)C(C(F)F)C2)NO1. The number of likely N-dealkylation sites (tertiary alicyclic amines) is 1. The van der Waals surface area contributed by atoms with Crippen molar-refractivity contribution in [1.82, 2.24) is 21.0 Å². The van der Waals surface area contributed by atoms with Gasteiger partial charge in [0.1, 0.15) is 12.4 Å². The molecule has 1 aromatic carbocycles. The summed E-state index contributed by atoms with van der Waals surface area (Å²) in [5, 5.41) is 6.51. The lowest BCUT2D eigenvalue weighted by molar-refractivity contribution is -0.129. The van der Waals surface area contributed by atoms with Crippen LogP contribution < -0.4 is 16.1 Å². The minimum Gasteiger partial charge on any atom is -0.349 e. The molecule has 8 heteroatoms. The van der Waals surface area contributed by atoms with Crippen LogP contribution in [0.3, 0.4) is 0 Å². The monoisotopic (exact) mass is 408 g/mol. The summed E-state index contributed by atoms with van der Waals surface area (Å²) in [6, 6.07) is 5.41. The molecule has 0 aromatic heterocycles. The number of halogens is 2. The Morgan fingerprint density at radius 1 is 1.38 bits per heavy atom. The fourth-order valence-electron chi connectivity index (χ4n) is 4.67. The third-order valence-electron chi connectivity index (χ3n) is 6.53. The molecule has 2 heterocycles. The maximum atomic E-state index is 13.2. The van der Waals surface area contributed by atoms with Crippen LogP contribution in [0.5, 0.6) is 0 Å². The van der Waals surface area contributed by atoms with Gasteiger partial charge in [-0.25, -0.2) is 8.78 Å². The summed E-state index contributed by atoms with van der Waals surface area (Å²) in [6.07, 6.45) is 1.01. The van der Waals surface area contributed by atoms with Crippen LogP contribution in [-0.4, -0.2) is 43.1 Å². The summed E-state index contributed by atoms with van der Waals surface area (Å²) in [5.41, 5.74) is 6.49. The zero-order chi connectivity index (χ0) is 20.5. The predicted molar refractivity (Wildman–Crippen MR) is 105 cm³/mol. The molecule has 2 aliphatic heterocycles. The van der Waals surface area contributed by atoms with Gasteiger partial charge in [-0.1, -0.05) is 25.1 Å². The third kappa shape index (κ3) is 4.30. The Morgan fingerprint density at radius 3 is 2.93 bits per heavy atom. The molecule has 0 bridgehead atoms. The second-order valence-electron chi connectivity index (χ2n) is 8.39. The molecule has 2 saturated heterocycles. The number of hydrogen-bond donors (Lipinski definition) is 3. The van der Waals surface area contributed by atoms with Gasteiger partial charge in [0.25, 0.3) is 6.43 Å². The van der Waals surface area contributed by atoms with Crippen molar-refractivity contribution in [2.75, 3.05) is 13.6 Å². The minimum absolute atomic E-state index is 0.00638. The number of benzene rings is 1. The molecule has 4 rings (SSSR count).